The monoisotopic (exact) mass is 273 g/mol. The summed E-state index contributed by atoms with van der Waals surface area (Å²) in [4.78, 5) is 0. The minimum atomic E-state index is 0.646. The van der Waals surface area contributed by atoms with Gasteiger partial charge in [0.1, 0.15) is 5.75 Å². The minimum absolute atomic E-state index is 0.646. The van der Waals surface area contributed by atoms with Crippen molar-refractivity contribution in [2.45, 2.75) is 63.8 Å². The smallest absolute Gasteiger partial charge is 0.122 e. The fraction of sp³-hybridized carbons (Fsp3) is 0.667. The second kappa shape index (κ2) is 6.62. The molecule has 1 unspecified atom stereocenters. The van der Waals surface area contributed by atoms with Crippen LogP contribution in [0.1, 0.15) is 55.2 Å². The standard InChI is InChI=1S/C18H27NO/c1-20-18-11-10-14-7-3-2-4-9-16(14)17(18)13-15-8-5-6-12-19-15/h10-11,15,19H,2-9,12-13H2,1H3. The number of methoxy groups -OCH3 is 1. The zero-order valence-corrected chi connectivity index (χ0v) is 12.7. The quantitative estimate of drug-likeness (QED) is 0.849. The topological polar surface area (TPSA) is 21.3 Å². The van der Waals surface area contributed by atoms with Crippen LogP contribution >= 0.6 is 0 Å². The fourth-order valence-corrected chi connectivity index (χ4v) is 3.82. The summed E-state index contributed by atoms with van der Waals surface area (Å²) < 4.78 is 5.67. The molecule has 1 N–H and O–H groups in total. The highest BCUT2D eigenvalue weighted by Crippen LogP contribution is 2.32. The molecule has 3 rings (SSSR count). The summed E-state index contributed by atoms with van der Waals surface area (Å²) in [5, 5.41) is 3.69. The van der Waals surface area contributed by atoms with Crippen LogP contribution in [0.4, 0.5) is 0 Å². The summed E-state index contributed by atoms with van der Waals surface area (Å²) in [6.07, 6.45) is 11.7. The van der Waals surface area contributed by atoms with Gasteiger partial charge in [-0.05, 0) is 74.2 Å². The molecule has 2 aliphatic rings. The van der Waals surface area contributed by atoms with Gasteiger partial charge in [-0.25, -0.2) is 0 Å². The maximum Gasteiger partial charge on any atom is 0.122 e. The number of nitrogens with one attached hydrogen (secondary N) is 1. The Morgan fingerprint density at radius 3 is 2.80 bits per heavy atom. The van der Waals surface area contributed by atoms with Crippen molar-refractivity contribution < 1.29 is 4.74 Å². The Kier molecular flexibility index (Phi) is 4.62. The number of hydrogen-bond donors (Lipinski definition) is 1. The molecular formula is C18H27NO. The third-order valence-corrected chi connectivity index (χ3v) is 4.94. The van der Waals surface area contributed by atoms with Crippen LogP contribution in [0.3, 0.4) is 0 Å². The van der Waals surface area contributed by atoms with Crippen molar-refractivity contribution in [3.05, 3.63) is 28.8 Å². The highest BCUT2D eigenvalue weighted by atomic mass is 16.5. The maximum absolute atomic E-state index is 5.67. The molecule has 1 heterocycles. The Hall–Kier alpha value is -1.02. The molecule has 1 aromatic rings. The van der Waals surface area contributed by atoms with Gasteiger partial charge in [-0.3, -0.25) is 0 Å². The zero-order chi connectivity index (χ0) is 13.8. The molecule has 0 spiro atoms. The Morgan fingerprint density at radius 1 is 1.10 bits per heavy atom. The summed E-state index contributed by atoms with van der Waals surface area (Å²) in [6, 6.07) is 5.15. The number of rotatable bonds is 3. The van der Waals surface area contributed by atoms with Gasteiger partial charge in [0.2, 0.25) is 0 Å². The summed E-state index contributed by atoms with van der Waals surface area (Å²) in [7, 11) is 1.82. The van der Waals surface area contributed by atoms with Crippen molar-refractivity contribution in [2.24, 2.45) is 0 Å². The first-order valence-corrected chi connectivity index (χ1v) is 8.29. The van der Waals surface area contributed by atoms with Crippen LogP contribution in [0.15, 0.2) is 12.1 Å². The van der Waals surface area contributed by atoms with Gasteiger partial charge < -0.3 is 10.1 Å². The number of aryl methyl sites for hydroxylation is 1. The summed E-state index contributed by atoms with van der Waals surface area (Å²) in [6.45, 7) is 1.18. The Labute approximate surface area is 122 Å². The predicted molar refractivity (Wildman–Crippen MR) is 83.6 cm³/mol. The maximum atomic E-state index is 5.67. The van der Waals surface area contributed by atoms with Crippen molar-refractivity contribution in [3.8, 4) is 5.75 Å². The van der Waals surface area contributed by atoms with E-state index in [1.807, 2.05) is 7.11 Å². The third kappa shape index (κ3) is 3.01. The summed E-state index contributed by atoms with van der Waals surface area (Å²) in [5.74, 6) is 1.11. The van der Waals surface area contributed by atoms with Crippen molar-refractivity contribution in [1.29, 1.82) is 0 Å². The molecule has 1 atom stereocenters. The van der Waals surface area contributed by atoms with Crippen LogP contribution in [0, 0.1) is 0 Å². The number of ether oxygens (including phenoxy) is 1. The number of hydrogen-bond acceptors (Lipinski definition) is 2. The molecule has 2 nitrogen and oxygen atoms in total. The molecule has 0 radical (unpaired) electrons. The second-order valence-corrected chi connectivity index (χ2v) is 6.30. The first-order valence-electron chi connectivity index (χ1n) is 8.29. The van der Waals surface area contributed by atoms with E-state index in [1.165, 1.54) is 63.5 Å². The van der Waals surface area contributed by atoms with Gasteiger partial charge in [0.15, 0.2) is 0 Å². The molecule has 1 aliphatic heterocycles. The molecular weight excluding hydrogens is 246 g/mol. The average Bonchev–Trinajstić information content (AvgIpc) is 2.74. The lowest BCUT2D eigenvalue weighted by molar-refractivity contribution is 0.380. The Balaban J connectivity index is 1.89. The lowest BCUT2D eigenvalue weighted by Gasteiger charge is -2.26. The highest BCUT2D eigenvalue weighted by molar-refractivity contribution is 5.46. The lowest BCUT2D eigenvalue weighted by atomic mass is 9.90. The molecule has 20 heavy (non-hydrogen) atoms. The number of fused-ring (bicyclic) bond motifs is 1. The Bertz CT molecular complexity index is 449. The molecule has 1 saturated heterocycles. The van der Waals surface area contributed by atoms with E-state index >= 15 is 0 Å². The minimum Gasteiger partial charge on any atom is -0.496 e. The van der Waals surface area contributed by atoms with E-state index < -0.39 is 0 Å². The largest absolute Gasteiger partial charge is 0.496 e. The molecule has 1 aliphatic carbocycles. The van der Waals surface area contributed by atoms with Gasteiger partial charge in [-0.15, -0.1) is 0 Å². The van der Waals surface area contributed by atoms with Crippen LogP contribution in [-0.4, -0.2) is 19.7 Å². The zero-order valence-electron chi connectivity index (χ0n) is 12.7. The van der Waals surface area contributed by atoms with E-state index in [2.05, 4.69) is 17.4 Å². The molecule has 110 valence electrons. The van der Waals surface area contributed by atoms with Gasteiger partial charge in [0.05, 0.1) is 7.11 Å². The van der Waals surface area contributed by atoms with E-state index in [9.17, 15) is 0 Å². The van der Waals surface area contributed by atoms with E-state index in [1.54, 1.807) is 11.1 Å². The van der Waals surface area contributed by atoms with Crippen LogP contribution < -0.4 is 10.1 Å². The first kappa shape index (κ1) is 13.9. The van der Waals surface area contributed by atoms with Gasteiger partial charge >= 0.3 is 0 Å². The molecule has 0 saturated carbocycles. The summed E-state index contributed by atoms with van der Waals surface area (Å²) in [5.41, 5.74) is 4.68. The van der Waals surface area contributed by atoms with Gasteiger partial charge in [0.25, 0.3) is 0 Å². The lowest BCUT2D eigenvalue weighted by Crippen LogP contribution is -2.36. The van der Waals surface area contributed by atoms with Crippen LogP contribution in [0.25, 0.3) is 0 Å². The van der Waals surface area contributed by atoms with Gasteiger partial charge in [-0.2, -0.15) is 0 Å². The normalized spacial score (nSPS) is 22.9. The van der Waals surface area contributed by atoms with Crippen LogP contribution in [-0.2, 0) is 19.3 Å². The average molecular weight is 273 g/mol. The first-order chi connectivity index (χ1) is 9.88. The molecule has 0 bridgehead atoms. The van der Waals surface area contributed by atoms with Crippen LogP contribution in [0.5, 0.6) is 5.75 Å². The Morgan fingerprint density at radius 2 is 2.00 bits per heavy atom. The van der Waals surface area contributed by atoms with E-state index in [0.29, 0.717) is 6.04 Å². The van der Waals surface area contributed by atoms with E-state index in [4.69, 9.17) is 4.74 Å². The van der Waals surface area contributed by atoms with Crippen molar-refractivity contribution in [1.82, 2.24) is 5.32 Å². The molecule has 0 amide bonds. The van der Waals surface area contributed by atoms with Crippen LogP contribution in [0.2, 0.25) is 0 Å². The van der Waals surface area contributed by atoms with E-state index in [0.717, 1.165) is 12.2 Å². The third-order valence-electron chi connectivity index (χ3n) is 4.94. The number of benzene rings is 1. The summed E-state index contributed by atoms with van der Waals surface area (Å²) >= 11 is 0. The molecule has 0 aromatic heterocycles. The van der Waals surface area contributed by atoms with E-state index in [-0.39, 0.29) is 0 Å². The van der Waals surface area contributed by atoms with Crippen molar-refractivity contribution in [3.63, 3.8) is 0 Å². The van der Waals surface area contributed by atoms with Gasteiger partial charge in [-0.1, -0.05) is 18.9 Å². The van der Waals surface area contributed by atoms with Crippen molar-refractivity contribution >= 4 is 0 Å². The SMILES string of the molecule is COc1ccc2c(c1CC1CCCCN1)CCCCC2. The second-order valence-electron chi connectivity index (χ2n) is 6.30. The van der Waals surface area contributed by atoms with Gasteiger partial charge in [0, 0.05) is 6.04 Å². The fourth-order valence-electron chi connectivity index (χ4n) is 3.82. The molecule has 2 heteroatoms. The molecule has 1 aromatic carbocycles. The highest BCUT2D eigenvalue weighted by Gasteiger charge is 2.20. The number of piperidine rings is 1. The predicted octanol–water partition coefficient (Wildman–Crippen LogP) is 3.65. The van der Waals surface area contributed by atoms with Crippen molar-refractivity contribution in [2.75, 3.05) is 13.7 Å². The molecule has 1 fully saturated rings.